The van der Waals surface area contributed by atoms with Gasteiger partial charge >= 0.3 is 0 Å². The summed E-state index contributed by atoms with van der Waals surface area (Å²) in [6.45, 7) is 0.516. The normalized spacial score (nSPS) is 10.8. The number of nitrogens with zero attached hydrogens (tertiary/aromatic N) is 3. The van der Waals surface area contributed by atoms with Crippen LogP contribution in [-0.2, 0) is 13.0 Å². The summed E-state index contributed by atoms with van der Waals surface area (Å²) in [6, 6.07) is 21.0. The number of halogens is 1. The van der Waals surface area contributed by atoms with Gasteiger partial charge in [0.15, 0.2) is 5.76 Å². The zero-order chi connectivity index (χ0) is 19.3. The van der Waals surface area contributed by atoms with Gasteiger partial charge < -0.3 is 9.73 Å². The standard InChI is InChI=1S/C21H17BrN4O2/c22-17-10-8-16(9-11-17)14-23-21-24-20(18-7-4-12-28-18)25-26(21)19(27)13-15-5-2-1-3-6-15/h1-12H,13-14H2,(H,23,24,25). The van der Waals surface area contributed by atoms with Gasteiger partial charge in [-0.3, -0.25) is 4.79 Å². The van der Waals surface area contributed by atoms with E-state index in [1.54, 1.807) is 18.4 Å². The number of hydrogen-bond acceptors (Lipinski definition) is 5. The maximum atomic E-state index is 12.9. The Bertz CT molecular complexity index is 1060. The molecule has 2 aromatic carbocycles. The molecule has 0 radical (unpaired) electrons. The van der Waals surface area contributed by atoms with Crippen LogP contribution in [0, 0.1) is 0 Å². The van der Waals surface area contributed by atoms with Gasteiger partial charge in [0.25, 0.3) is 5.91 Å². The summed E-state index contributed by atoms with van der Waals surface area (Å²) < 4.78 is 7.70. The van der Waals surface area contributed by atoms with Crippen LogP contribution in [0.1, 0.15) is 15.9 Å². The zero-order valence-electron chi connectivity index (χ0n) is 14.9. The second kappa shape index (κ2) is 8.22. The predicted molar refractivity (Wildman–Crippen MR) is 110 cm³/mol. The zero-order valence-corrected chi connectivity index (χ0v) is 16.5. The highest BCUT2D eigenvalue weighted by Crippen LogP contribution is 2.20. The number of rotatable bonds is 6. The quantitative estimate of drug-likeness (QED) is 0.470. The van der Waals surface area contributed by atoms with E-state index in [-0.39, 0.29) is 12.3 Å². The molecule has 0 aliphatic heterocycles. The summed E-state index contributed by atoms with van der Waals surface area (Å²) >= 11 is 3.43. The van der Waals surface area contributed by atoms with E-state index in [1.165, 1.54) is 4.68 Å². The Kier molecular flexibility index (Phi) is 5.34. The molecule has 2 heterocycles. The van der Waals surface area contributed by atoms with Gasteiger partial charge in [-0.1, -0.05) is 58.4 Å². The summed E-state index contributed by atoms with van der Waals surface area (Å²) in [7, 11) is 0. The summed E-state index contributed by atoms with van der Waals surface area (Å²) in [5.41, 5.74) is 1.98. The van der Waals surface area contributed by atoms with Crippen molar-refractivity contribution in [2.75, 3.05) is 5.32 Å². The molecule has 6 nitrogen and oxygen atoms in total. The lowest BCUT2D eigenvalue weighted by Crippen LogP contribution is -2.18. The Balaban J connectivity index is 1.59. The number of nitrogens with one attached hydrogen (secondary N) is 1. The Hall–Kier alpha value is -3.19. The molecule has 7 heteroatoms. The van der Waals surface area contributed by atoms with Gasteiger partial charge in [0, 0.05) is 11.0 Å². The van der Waals surface area contributed by atoms with Gasteiger partial charge in [0.2, 0.25) is 11.8 Å². The van der Waals surface area contributed by atoms with Crippen LogP contribution in [0.25, 0.3) is 11.6 Å². The Morgan fingerprint density at radius 2 is 1.79 bits per heavy atom. The van der Waals surface area contributed by atoms with Crippen molar-refractivity contribution in [3.8, 4) is 11.6 Å². The van der Waals surface area contributed by atoms with E-state index in [0.29, 0.717) is 24.1 Å². The maximum Gasteiger partial charge on any atom is 0.254 e. The fraction of sp³-hybridized carbons (Fsp3) is 0.0952. The van der Waals surface area contributed by atoms with Gasteiger partial charge in [-0.25, -0.2) is 0 Å². The van der Waals surface area contributed by atoms with Crippen LogP contribution in [0.15, 0.2) is 81.9 Å². The van der Waals surface area contributed by atoms with Crippen LogP contribution in [0.2, 0.25) is 0 Å². The van der Waals surface area contributed by atoms with E-state index in [9.17, 15) is 4.79 Å². The monoisotopic (exact) mass is 436 g/mol. The van der Waals surface area contributed by atoms with E-state index in [0.717, 1.165) is 15.6 Å². The van der Waals surface area contributed by atoms with Crippen molar-refractivity contribution in [3.05, 3.63) is 88.6 Å². The minimum absolute atomic E-state index is 0.171. The van der Waals surface area contributed by atoms with Gasteiger partial charge in [-0.2, -0.15) is 9.67 Å². The van der Waals surface area contributed by atoms with Crippen LogP contribution in [0.4, 0.5) is 5.95 Å². The number of furan rings is 1. The number of anilines is 1. The molecular weight excluding hydrogens is 420 g/mol. The summed E-state index contributed by atoms with van der Waals surface area (Å²) in [5, 5.41) is 7.58. The summed E-state index contributed by atoms with van der Waals surface area (Å²) in [5.74, 6) is 1.09. The average molecular weight is 437 g/mol. The lowest BCUT2D eigenvalue weighted by molar-refractivity contribution is 0.0901. The first-order valence-electron chi connectivity index (χ1n) is 8.75. The van der Waals surface area contributed by atoms with E-state index >= 15 is 0 Å². The van der Waals surface area contributed by atoms with E-state index < -0.39 is 0 Å². The second-order valence-corrected chi connectivity index (χ2v) is 7.10. The molecule has 0 amide bonds. The number of carbonyl (C=O) groups is 1. The molecule has 0 saturated heterocycles. The topological polar surface area (TPSA) is 73.0 Å². The number of benzene rings is 2. The SMILES string of the molecule is O=C(Cc1ccccc1)n1nc(-c2ccco2)nc1NCc1ccc(Br)cc1. The van der Waals surface area contributed by atoms with E-state index in [4.69, 9.17) is 4.42 Å². The summed E-state index contributed by atoms with van der Waals surface area (Å²) in [6.07, 6.45) is 1.78. The van der Waals surface area contributed by atoms with Crippen LogP contribution >= 0.6 is 15.9 Å². The minimum atomic E-state index is -0.171. The molecule has 4 rings (SSSR count). The highest BCUT2D eigenvalue weighted by atomic mass is 79.9. The molecule has 0 fully saturated rings. The smallest absolute Gasteiger partial charge is 0.254 e. The van der Waals surface area contributed by atoms with E-state index in [1.807, 2.05) is 54.6 Å². The molecule has 140 valence electrons. The first-order chi connectivity index (χ1) is 13.7. The third-order valence-corrected chi connectivity index (χ3v) is 4.68. The van der Waals surface area contributed by atoms with Crippen molar-refractivity contribution < 1.29 is 9.21 Å². The molecule has 0 spiro atoms. The number of hydrogen-bond donors (Lipinski definition) is 1. The van der Waals surface area contributed by atoms with Crippen molar-refractivity contribution >= 4 is 27.8 Å². The van der Waals surface area contributed by atoms with Gasteiger partial charge in [-0.15, -0.1) is 5.10 Å². The van der Waals surface area contributed by atoms with Crippen molar-refractivity contribution in [3.63, 3.8) is 0 Å². The van der Waals surface area contributed by atoms with Crippen LogP contribution < -0.4 is 5.32 Å². The molecule has 2 aromatic heterocycles. The maximum absolute atomic E-state index is 12.9. The molecule has 0 atom stereocenters. The predicted octanol–water partition coefficient (Wildman–Crippen LogP) is 4.80. The van der Waals surface area contributed by atoms with Gasteiger partial charge in [0.1, 0.15) is 0 Å². The second-order valence-electron chi connectivity index (χ2n) is 6.18. The molecule has 0 aliphatic rings. The van der Waals surface area contributed by atoms with E-state index in [2.05, 4.69) is 31.3 Å². The molecule has 0 aliphatic carbocycles. The van der Waals surface area contributed by atoms with Crippen molar-refractivity contribution in [1.82, 2.24) is 14.8 Å². The third kappa shape index (κ3) is 4.20. The van der Waals surface area contributed by atoms with Crippen LogP contribution in [0.5, 0.6) is 0 Å². The Labute approximate surface area is 170 Å². The van der Waals surface area contributed by atoms with Crippen molar-refractivity contribution in [1.29, 1.82) is 0 Å². The molecule has 0 unspecified atom stereocenters. The molecule has 0 saturated carbocycles. The highest BCUT2D eigenvalue weighted by molar-refractivity contribution is 9.10. The first-order valence-corrected chi connectivity index (χ1v) is 9.55. The van der Waals surface area contributed by atoms with Crippen LogP contribution in [0.3, 0.4) is 0 Å². The number of carbonyl (C=O) groups excluding carboxylic acids is 1. The third-order valence-electron chi connectivity index (χ3n) is 4.15. The molecule has 4 aromatic rings. The van der Waals surface area contributed by atoms with Gasteiger partial charge in [0.05, 0.1) is 12.7 Å². The fourth-order valence-corrected chi connectivity index (χ4v) is 3.00. The molecule has 0 bridgehead atoms. The minimum Gasteiger partial charge on any atom is -0.461 e. The molecular formula is C21H17BrN4O2. The first kappa shape index (κ1) is 18.2. The average Bonchev–Trinajstić information content (AvgIpc) is 3.38. The Morgan fingerprint density at radius 1 is 1.00 bits per heavy atom. The van der Waals surface area contributed by atoms with Crippen molar-refractivity contribution in [2.24, 2.45) is 0 Å². The van der Waals surface area contributed by atoms with Crippen molar-refractivity contribution in [2.45, 2.75) is 13.0 Å². The number of aromatic nitrogens is 3. The Morgan fingerprint density at radius 3 is 2.50 bits per heavy atom. The highest BCUT2D eigenvalue weighted by Gasteiger charge is 2.18. The molecule has 1 N–H and O–H groups in total. The largest absolute Gasteiger partial charge is 0.461 e. The lowest BCUT2D eigenvalue weighted by Gasteiger charge is -2.07. The lowest BCUT2D eigenvalue weighted by atomic mass is 10.1. The summed E-state index contributed by atoms with van der Waals surface area (Å²) in [4.78, 5) is 17.3. The fourth-order valence-electron chi connectivity index (χ4n) is 2.74. The molecule has 28 heavy (non-hydrogen) atoms. The van der Waals surface area contributed by atoms with Gasteiger partial charge in [-0.05, 0) is 35.4 Å². The van der Waals surface area contributed by atoms with Crippen LogP contribution in [-0.4, -0.2) is 20.7 Å².